The highest BCUT2D eigenvalue weighted by Gasteiger charge is 2.10. The predicted octanol–water partition coefficient (Wildman–Crippen LogP) is 1.73. The van der Waals surface area contributed by atoms with Crippen molar-refractivity contribution in [3.8, 4) is 0 Å². The van der Waals surface area contributed by atoms with Crippen molar-refractivity contribution in [2.45, 2.75) is 6.42 Å². The number of carbonyl (C=O) groups excluding carboxylic acids is 1. The Morgan fingerprint density at radius 3 is 3.00 bits per heavy atom. The molecule has 1 aromatic rings. The van der Waals surface area contributed by atoms with Crippen LogP contribution in [-0.4, -0.2) is 5.91 Å². The number of rotatable bonds is 0. The first-order valence-electron chi connectivity index (χ1n) is 3.71. The van der Waals surface area contributed by atoms with Gasteiger partial charge in [0.25, 0.3) is 5.91 Å². The second kappa shape index (κ2) is 2.85. The van der Waals surface area contributed by atoms with Gasteiger partial charge in [-0.2, -0.15) is 5.11 Å². The third-order valence-corrected chi connectivity index (χ3v) is 1.76. The quantitative estimate of drug-likeness (QED) is 0.568. The Morgan fingerprint density at radius 2 is 2.08 bits per heavy atom. The highest BCUT2D eigenvalue weighted by molar-refractivity contribution is 5.80. The molecule has 0 spiro atoms. The Bertz CT molecular complexity index is 344. The van der Waals surface area contributed by atoms with Crippen molar-refractivity contribution in [1.82, 2.24) is 0 Å². The molecule has 1 radical (unpaired) electrons. The standard InChI is InChI=1S/C9H7N2O/c12-9-5-7-3-1-2-4-8(7)6-10-11-9/h1-4,6H,5H2. The Balaban J connectivity index is 2.44. The van der Waals surface area contributed by atoms with E-state index in [1.807, 2.05) is 24.3 Å². The molecule has 1 aliphatic heterocycles. The topological polar surface area (TPSA) is 41.8 Å². The van der Waals surface area contributed by atoms with Gasteiger partial charge >= 0.3 is 0 Å². The van der Waals surface area contributed by atoms with Gasteiger partial charge in [0.1, 0.15) is 6.54 Å². The van der Waals surface area contributed by atoms with Crippen LogP contribution in [0, 0.1) is 6.54 Å². The van der Waals surface area contributed by atoms with E-state index in [2.05, 4.69) is 10.2 Å². The van der Waals surface area contributed by atoms with Gasteiger partial charge in [-0.15, -0.1) is 5.11 Å². The lowest BCUT2D eigenvalue weighted by Gasteiger charge is -1.99. The van der Waals surface area contributed by atoms with Gasteiger partial charge in [0.05, 0.1) is 6.42 Å². The number of amides is 1. The number of hydrogen-bond donors (Lipinski definition) is 0. The summed E-state index contributed by atoms with van der Waals surface area (Å²) >= 11 is 0. The molecule has 0 bridgehead atoms. The fourth-order valence-corrected chi connectivity index (χ4v) is 1.17. The van der Waals surface area contributed by atoms with E-state index in [1.165, 1.54) is 0 Å². The monoisotopic (exact) mass is 159 g/mol. The summed E-state index contributed by atoms with van der Waals surface area (Å²) in [6, 6.07) is 7.67. The molecule has 1 aliphatic rings. The van der Waals surface area contributed by atoms with Crippen molar-refractivity contribution in [2.24, 2.45) is 10.2 Å². The van der Waals surface area contributed by atoms with Crippen LogP contribution in [0.1, 0.15) is 11.1 Å². The molecule has 12 heavy (non-hydrogen) atoms. The first-order chi connectivity index (χ1) is 5.86. The highest BCUT2D eigenvalue weighted by Crippen LogP contribution is 2.15. The third-order valence-electron chi connectivity index (χ3n) is 1.76. The maximum atomic E-state index is 11.0. The molecule has 0 unspecified atom stereocenters. The van der Waals surface area contributed by atoms with Crippen LogP contribution in [0.25, 0.3) is 0 Å². The average molecular weight is 159 g/mol. The molecule has 59 valence electrons. The molecule has 0 aliphatic carbocycles. The Kier molecular flexibility index (Phi) is 1.70. The highest BCUT2D eigenvalue weighted by atomic mass is 16.1. The van der Waals surface area contributed by atoms with E-state index in [-0.39, 0.29) is 5.91 Å². The Hall–Kier alpha value is -1.51. The first kappa shape index (κ1) is 7.16. The Morgan fingerprint density at radius 1 is 1.25 bits per heavy atom. The van der Waals surface area contributed by atoms with E-state index in [1.54, 1.807) is 6.54 Å². The van der Waals surface area contributed by atoms with E-state index in [0.29, 0.717) is 6.42 Å². The van der Waals surface area contributed by atoms with Crippen molar-refractivity contribution in [1.29, 1.82) is 0 Å². The van der Waals surface area contributed by atoms with Crippen LogP contribution >= 0.6 is 0 Å². The zero-order chi connectivity index (χ0) is 8.39. The van der Waals surface area contributed by atoms with Crippen LogP contribution in [0.5, 0.6) is 0 Å². The summed E-state index contributed by atoms with van der Waals surface area (Å²) in [6.07, 6.45) is 0.357. The zero-order valence-electron chi connectivity index (χ0n) is 6.40. The average Bonchev–Trinajstić information content (AvgIpc) is 2.25. The van der Waals surface area contributed by atoms with Crippen LogP contribution in [0.3, 0.4) is 0 Å². The van der Waals surface area contributed by atoms with Crippen molar-refractivity contribution in [2.75, 3.05) is 0 Å². The van der Waals surface area contributed by atoms with Crippen molar-refractivity contribution < 1.29 is 4.79 Å². The smallest absolute Gasteiger partial charge is 0.268 e. The van der Waals surface area contributed by atoms with E-state index >= 15 is 0 Å². The summed E-state index contributed by atoms with van der Waals surface area (Å²) in [5, 5.41) is 7.11. The SMILES string of the molecule is O=C1Cc2ccccc2[CH]N=N1. The summed E-state index contributed by atoms with van der Waals surface area (Å²) in [7, 11) is 0. The molecule has 0 fully saturated rings. The molecule has 0 aromatic heterocycles. The van der Waals surface area contributed by atoms with Crippen LogP contribution in [0.15, 0.2) is 34.5 Å². The van der Waals surface area contributed by atoms with Gasteiger partial charge in [0.2, 0.25) is 0 Å². The van der Waals surface area contributed by atoms with E-state index < -0.39 is 0 Å². The minimum absolute atomic E-state index is 0.184. The maximum absolute atomic E-state index is 11.0. The molecular formula is C9H7N2O. The van der Waals surface area contributed by atoms with Gasteiger partial charge < -0.3 is 0 Å². The molecule has 1 amide bonds. The molecule has 2 rings (SSSR count). The summed E-state index contributed by atoms with van der Waals surface area (Å²) in [5.41, 5.74) is 1.97. The maximum Gasteiger partial charge on any atom is 0.268 e. The largest absolute Gasteiger partial charge is 0.271 e. The second-order valence-electron chi connectivity index (χ2n) is 2.61. The van der Waals surface area contributed by atoms with Crippen molar-refractivity contribution >= 4 is 5.91 Å². The fourth-order valence-electron chi connectivity index (χ4n) is 1.17. The number of fused-ring (bicyclic) bond motifs is 1. The van der Waals surface area contributed by atoms with Gasteiger partial charge in [0, 0.05) is 0 Å². The molecule has 0 saturated carbocycles. The normalized spacial score (nSPS) is 15.5. The summed E-state index contributed by atoms with van der Waals surface area (Å²) < 4.78 is 0. The van der Waals surface area contributed by atoms with Crippen molar-refractivity contribution in [3.63, 3.8) is 0 Å². The zero-order valence-corrected chi connectivity index (χ0v) is 6.40. The van der Waals surface area contributed by atoms with Gasteiger partial charge in [-0.25, -0.2) is 0 Å². The van der Waals surface area contributed by atoms with Crippen molar-refractivity contribution in [3.05, 3.63) is 41.9 Å². The van der Waals surface area contributed by atoms with E-state index in [0.717, 1.165) is 11.1 Å². The van der Waals surface area contributed by atoms with Gasteiger partial charge in [-0.3, -0.25) is 4.79 Å². The van der Waals surface area contributed by atoms with Gasteiger partial charge in [-0.1, -0.05) is 24.3 Å². The first-order valence-corrected chi connectivity index (χ1v) is 3.71. The third kappa shape index (κ3) is 1.25. The molecular weight excluding hydrogens is 152 g/mol. The lowest BCUT2D eigenvalue weighted by atomic mass is 10.1. The minimum atomic E-state index is -0.184. The molecule has 1 heterocycles. The van der Waals surface area contributed by atoms with Gasteiger partial charge in [0.15, 0.2) is 0 Å². The number of carbonyl (C=O) groups is 1. The van der Waals surface area contributed by atoms with Crippen LogP contribution in [0.4, 0.5) is 0 Å². The summed E-state index contributed by atoms with van der Waals surface area (Å²) in [5.74, 6) is -0.184. The van der Waals surface area contributed by atoms with Gasteiger partial charge in [-0.05, 0) is 11.1 Å². The molecule has 0 atom stereocenters. The molecule has 0 N–H and O–H groups in total. The van der Waals surface area contributed by atoms with Crippen LogP contribution in [-0.2, 0) is 11.2 Å². The summed E-state index contributed by atoms with van der Waals surface area (Å²) in [6.45, 7) is 1.61. The molecule has 0 saturated heterocycles. The second-order valence-corrected chi connectivity index (χ2v) is 2.61. The Labute approximate surface area is 70.1 Å². The van der Waals surface area contributed by atoms with Crippen LogP contribution in [0.2, 0.25) is 0 Å². The van der Waals surface area contributed by atoms with E-state index in [4.69, 9.17) is 0 Å². The number of nitrogens with zero attached hydrogens (tertiary/aromatic N) is 2. The van der Waals surface area contributed by atoms with E-state index in [9.17, 15) is 4.79 Å². The molecule has 3 nitrogen and oxygen atoms in total. The lowest BCUT2D eigenvalue weighted by Crippen LogP contribution is -1.97. The minimum Gasteiger partial charge on any atom is -0.271 e. The molecule has 3 heteroatoms. The predicted molar refractivity (Wildman–Crippen MR) is 43.4 cm³/mol. The lowest BCUT2D eigenvalue weighted by molar-refractivity contribution is -0.117. The molecule has 1 aromatic carbocycles. The fraction of sp³-hybridized carbons (Fsp3) is 0.111. The van der Waals surface area contributed by atoms with Crippen LogP contribution < -0.4 is 0 Å². The summed E-state index contributed by atoms with van der Waals surface area (Å²) in [4.78, 5) is 11.0. The number of azo groups is 1. The number of hydrogen-bond acceptors (Lipinski definition) is 2. The number of benzene rings is 1.